The number of carboxylic acids is 1. The van der Waals surface area contributed by atoms with Crippen molar-refractivity contribution in [1.29, 1.82) is 0 Å². The number of carboxylic acid groups (broad SMARTS) is 1. The van der Waals surface area contributed by atoms with Gasteiger partial charge in [0.15, 0.2) is 0 Å². The van der Waals surface area contributed by atoms with Gasteiger partial charge >= 0.3 is 5.97 Å². The van der Waals surface area contributed by atoms with E-state index in [1.807, 2.05) is 44.2 Å². The van der Waals surface area contributed by atoms with Crippen molar-refractivity contribution in [1.82, 2.24) is 0 Å². The number of nitrogens with two attached hydrogens (primary N) is 1. The minimum atomic E-state index is -0.941. The molecule has 2 rings (SSSR count). The zero-order valence-electron chi connectivity index (χ0n) is 12.3. The molecular formula is C17H20N2O2. The van der Waals surface area contributed by atoms with Gasteiger partial charge in [-0.3, -0.25) is 0 Å². The van der Waals surface area contributed by atoms with Crippen molar-refractivity contribution in [3.05, 3.63) is 59.7 Å². The lowest BCUT2D eigenvalue weighted by Crippen LogP contribution is -2.31. The van der Waals surface area contributed by atoms with E-state index in [2.05, 4.69) is 4.90 Å². The number of rotatable bonds is 5. The first-order valence-electron chi connectivity index (χ1n) is 6.92. The molecule has 0 heterocycles. The molecule has 0 aliphatic heterocycles. The maximum atomic E-state index is 11.4. The first-order valence-corrected chi connectivity index (χ1v) is 6.92. The standard InChI is InChI=1S/C17H20N2O2/c1-12(2)19(11-13-6-4-3-5-7-13)16-10-14(18)8-9-15(16)17(20)21/h3-10,12H,11,18H2,1-2H3,(H,20,21). The van der Waals surface area contributed by atoms with Gasteiger partial charge < -0.3 is 15.7 Å². The number of nitrogens with zero attached hydrogens (tertiary/aromatic N) is 1. The fourth-order valence-corrected chi connectivity index (χ4v) is 2.29. The van der Waals surface area contributed by atoms with Crippen LogP contribution in [0.4, 0.5) is 11.4 Å². The molecule has 0 aromatic heterocycles. The average molecular weight is 284 g/mol. The third-order valence-electron chi connectivity index (χ3n) is 3.38. The lowest BCUT2D eigenvalue weighted by molar-refractivity contribution is 0.0697. The second-order valence-electron chi connectivity index (χ2n) is 5.29. The van der Waals surface area contributed by atoms with Crippen LogP contribution in [0.15, 0.2) is 48.5 Å². The summed E-state index contributed by atoms with van der Waals surface area (Å²) in [5.41, 5.74) is 8.46. The highest BCUT2D eigenvalue weighted by Crippen LogP contribution is 2.27. The second-order valence-corrected chi connectivity index (χ2v) is 5.29. The molecule has 4 nitrogen and oxygen atoms in total. The van der Waals surface area contributed by atoms with Gasteiger partial charge in [-0.2, -0.15) is 0 Å². The summed E-state index contributed by atoms with van der Waals surface area (Å²) in [6.45, 7) is 4.72. The summed E-state index contributed by atoms with van der Waals surface area (Å²) in [6, 6.07) is 15.0. The van der Waals surface area contributed by atoms with Crippen molar-refractivity contribution < 1.29 is 9.90 Å². The van der Waals surface area contributed by atoms with Gasteiger partial charge in [-0.15, -0.1) is 0 Å². The molecule has 0 saturated carbocycles. The largest absolute Gasteiger partial charge is 0.478 e. The van der Waals surface area contributed by atoms with Crippen molar-refractivity contribution in [3.8, 4) is 0 Å². The summed E-state index contributed by atoms with van der Waals surface area (Å²) < 4.78 is 0. The molecule has 0 aliphatic rings. The zero-order chi connectivity index (χ0) is 15.4. The van der Waals surface area contributed by atoms with Crippen LogP contribution in [-0.2, 0) is 6.54 Å². The Morgan fingerprint density at radius 2 is 1.86 bits per heavy atom. The molecule has 2 aromatic carbocycles. The highest BCUT2D eigenvalue weighted by molar-refractivity contribution is 5.95. The monoisotopic (exact) mass is 284 g/mol. The van der Waals surface area contributed by atoms with Crippen molar-refractivity contribution >= 4 is 17.3 Å². The fourth-order valence-electron chi connectivity index (χ4n) is 2.29. The van der Waals surface area contributed by atoms with Crippen LogP contribution in [0.3, 0.4) is 0 Å². The Balaban J connectivity index is 2.43. The van der Waals surface area contributed by atoms with Crippen LogP contribution in [0.1, 0.15) is 29.8 Å². The zero-order valence-corrected chi connectivity index (χ0v) is 12.3. The second kappa shape index (κ2) is 6.31. The van der Waals surface area contributed by atoms with E-state index in [4.69, 9.17) is 5.73 Å². The minimum absolute atomic E-state index is 0.158. The van der Waals surface area contributed by atoms with Crippen molar-refractivity contribution in [2.45, 2.75) is 26.4 Å². The molecule has 0 saturated heterocycles. The number of hydrogen-bond donors (Lipinski definition) is 2. The van der Waals surface area contributed by atoms with Gasteiger partial charge in [0.25, 0.3) is 0 Å². The van der Waals surface area contributed by atoms with Crippen molar-refractivity contribution in [2.75, 3.05) is 10.6 Å². The summed E-state index contributed by atoms with van der Waals surface area (Å²) >= 11 is 0. The SMILES string of the molecule is CC(C)N(Cc1ccccc1)c1cc(N)ccc1C(=O)O. The van der Waals surface area contributed by atoms with E-state index < -0.39 is 5.97 Å². The van der Waals surface area contributed by atoms with E-state index in [1.165, 1.54) is 0 Å². The summed E-state index contributed by atoms with van der Waals surface area (Å²) in [5.74, 6) is -0.941. The Morgan fingerprint density at radius 3 is 2.43 bits per heavy atom. The van der Waals surface area contributed by atoms with E-state index in [1.54, 1.807) is 18.2 Å². The molecule has 21 heavy (non-hydrogen) atoms. The number of hydrogen-bond acceptors (Lipinski definition) is 3. The normalized spacial score (nSPS) is 10.6. The maximum absolute atomic E-state index is 11.4. The van der Waals surface area contributed by atoms with E-state index >= 15 is 0 Å². The Morgan fingerprint density at radius 1 is 1.19 bits per heavy atom. The summed E-state index contributed by atoms with van der Waals surface area (Å²) in [4.78, 5) is 13.5. The van der Waals surface area contributed by atoms with E-state index in [-0.39, 0.29) is 11.6 Å². The van der Waals surface area contributed by atoms with Gasteiger partial charge in [0.05, 0.1) is 11.3 Å². The van der Waals surface area contributed by atoms with E-state index in [9.17, 15) is 9.90 Å². The number of benzene rings is 2. The molecule has 0 fully saturated rings. The first kappa shape index (κ1) is 14.9. The van der Waals surface area contributed by atoms with Crippen LogP contribution in [0.2, 0.25) is 0 Å². The van der Waals surface area contributed by atoms with Crippen LogP contribution >= 0.6 is 0 Å². The van der Waals surface area contributed by atoms with Gasteiger partial charge in [-0.05, 0) is 37.6 Å². The summed E-state index contributed by atoms with van der Waals surface area (Å²) in [5, 5.41) is 9.39. The predicted octanol–water partition coefficient (Wildman–Crippen LogP) is 3.38. The number of carbonyl (C=O) groups is 1. The van der Waals surface area contributed by atoms with Gasteiger partial charge in [0.2, 0.25) is 0 Å². The van der Waals surface area contributed by atoms with Crippen LogP contribution in [-0.4, -0.2) is 17.1 Å². The Labute approximate surface area is 124 Å². The van der Waals surface area contributed by atoms with Gasteiger partial charge in [-0.1, -0.05) is 30.3 Å². The smallest absolute Gasteiger partial charge is 0.337 e. The number of nitrogen functional groups attached to an aromatic ring is 1. The molecule has 0 amide bonds. The van der Waals surface area contributed by atoms with Crippen LogP contribution in [0.5, 0.6) is 0 Å². The van der Waals surface area contributed by atoms with E-state index in [0.29, 0.717) is 17.9 Å². The molecule has 0 bridgehead atoms. The quantitative estimate of drug-likeness (QED) is 0.826. The highest BCUT2D eigenvalue weighted by Gasteiger charge is 2.19. The highest BCUT2D eigenvalue weighted by atomic mass is 16.4. The molecule has 0 radical (unpaired) electrons. The van der Waals surface area contributed by atoms with Crippen molar-refractivity contribution in [3.63, 3.8) is 0 Å². The minimum Gasteiger partial charge on any atom is -0.478 e. The van der Waals surface area contributed by atoms with Gasteiger partial charge in [0, 0.05) is 18.3 Å². The Hall–Kier alpha value is -2.49. The summed E-state index contributed by atoms with van der Waals surface area (Å²) in [7, 11) is 0. The maximum Gasteiger partial charge on any atom is 0.337 e. The predicted molar refractivity (Wildman–Crippen MR) is 85.6 cm³/mol. The molecule has 0 spiro atoms. The lowest BCUT2D eigenvalue weighted by Gasteiger charge is -2.30. The van der Waals surface area contributed by atoms with Crippen LogP contribution < -0.4 is 10.6 Å². The first-order chi connectivity index (χ1) is 9.99. The van der Waals surface area contributed by atoms with Crippen LogP contribution in [0.25, 0.3) is 0 Å². The van der Waals surface area contributed by atoms with Gasteiger partial charge in [-0.25, -0.2) is 4.79 Å². The molecule has 0 atom stereocenters. The molecule has 110 valence electrons. The molecule has 3 N–H and O–H groups in total. The third-order valence-corrected chi connectivity index (χ3v) is 3.38. The third kappa shape index (κ3) is 3.54. The Kier molecular flexibility index (Phi) is 4.48. The number of anilines is 2. The summed E-state index contributed by atoms with van der Waals surface area (Å²) in [6.07, 6.45) is 0. The molecule has 4 heteroatoms. The lowest BCUT2D eigenvalue weighted by atomic mass is 10.1. The topological polar surface area (TPSA) is 66.6 Å². The number of aromatic carboxylic acids is 1. The molecule has 0 aliphatic carbocycles. The Bertz CT molecular complexity index is 624. The molecular weight excluding hydrogens is 264 g/mol. The fraction of sp³-hybridized carbons (Fsp3) is 0.235. The van der Waals surface area contributed by atoms with E-state index in [0.717, 1.165) is 5.56 Å². The average Bonchev–Trinajstić information content (AvgIpc) is 2.45. The molecule has 0 unspecified atom stereocenters. The van der Waals surface area contributed by atoms with Gasteiger partial charge in [0.1, 0.15) is 0 Å². The molecule has 2 aromatic rings. The van der Waals surface area contributed by atoms with Crippen molar-refractivity contribution in [2.24, 2.45) is 0 Å². The van der Waals surface area contributed by atoms with Crippen LogP contribution in [0, 0.1) is 0 Å².